The van der Waals surface area contributed by atoms with E-state index in [0.717, 1.165) is 43.1 Å². The number of aryl methyl sites for hydroxylation is 1. The van der Waals surface area contributed by atoms with Crippen LogP contribution < -0.4 is 15.5 Å². The van der Waals surface area contributed by atoms with Gasteiger partial charge in [-0.3, -0.25) is 4.79 Å². The molecule has 2 aromatic rings. The van der Waals surface area contributed by atoms with Crippen molar-refractivity contribution in [2.75, 3.05) is 38.3 Å². The Labute approximate surface area is 183 Å². The van der Waals surface area contributed by atoms with Gasteiger partial charge in [-0.05, 0) is 45.4 Å². The lowest BCUT2D eigenvalue weighted by Gasteiger charge is -2.23. The van der Waals surface area contributed by atoms with Gasteiger partial charge in [0.05, 0.1) is 5.69 Å². The Hall–Kier alpha value is -2.84. The van der Waals surface area contributed by atoms with Crippen molar-refractivity contribution in [2.24, 2.45) is 4.99 Å². The van der Waals surface area contributed by atoms with Gasteiger partial charge in [0, 0.05) is 44.0 Å². The van der Waals surface area contributed by atoms with E-state index in [1.54, 1.807) is 13.3 Å². The molecule has 2 N–H and O–H groups in total. The molecule has 0 bridgehead atoms. The predicted octanol–water partition coefficient (Wildman–Crippen LogP) is 2.63. The highest BCUT2D eigenvalue weighted by Crippen LogP contribution is 2.43. The first kappa shape index (κ1) is 21.4. The second-order valence-corrected chi connectivity index (χ2v) is 8.11. The number of carbonyl (C=O) groups is 1. The molecule has 164 valence electrons. The second-order valence-electron chi connectivity index (χ2n) is 8.11. The molecule has 4 rings (SSSR count). The van der Waals surface area contributed by atoms with Crippen LogP contribution in [0.1, 0.15) is 36.9 Å². The summed E-state index contributed by atoms with van der Waals surface area (Å²) in [5.74, 6) is 0.930. The SMILES string of the molecule is CNCC1CN(c2ncnc(C)c2N=C(C)C(=O)NC2CCOCC2)c2ccccc21. The molecule has 0 spiro atoms. The summed E-state index contributed by atoms with van der Waals surface area (Å²) in [5.41, 5.74) is 4.21. The summed E-state index contributed by atoms with van der Waals surface area (Å²) in [6, 6.07) is 8.52. The van der Waals surface area contributed by atoms with Crippen LogP contribution >= 0.6 is 0 Å². The number of para-hydroxylation sites is 1. The molecule has 1 aromatic heterocycles. The van der Waals surface area contributed by atoms with Crippen LogP contribution in [0.15, 0.2) is 35.6 Å². The molecule has 1 aromatic carbocycles. The zero-order valence-electron chi connectivity index (χ0n) is 18.4. The van der Waals surface area contributed by atoms with E-state index in [-0.39, 0.29) is 11.9 Å². The van der Waals surface area contributed by atoms with Crippen molar-refractivity contribution in [1.29, 1.82) is 0 Å². The van der Waals surface area contributed by atoms with Gasteiger partial charge < -0.3 is 20.3 Å². The molecular weight excluding hydrogens is 392 g/mol. The molecule has 1 fully saturated rings. The first-order valence-corrected chi connectivity index (χ1v) is 10.8. The molecule has 8 nitrogen and oxygen atoms in total. The summed E-state index contributed by atoms with van der Waals surface area (Å²) in [6.45, 7) is 6.68. The van der Waals surface area contributed by atoms with E-state index < -0.39 is 0 Å². The van der Waals surface area contributed by atoms with Gasteiger partial charge in [0.1, 0.15) is 17.7 Å². The first-order valence-electron chi connectivity index (χ1n) is 10.8. The molecule has 0 radical (unpaired) electrons. The average molecular weight is 423 g/mol. The van der Waals surface area contributed by atoms with E-state index >= 15 is 0 Å². The average Bonchev–Trinajstić information content (AvgIpc) is 3.14. The highest BCUT2D eigenvalue weighted by atomic mass is 16.5. The van der Waals surface area contributed by atoms with Crippen molar-refractivity contribution in [3.8, 4) is 0 Å². The van der Waals surface area contributed by atoms with Crippen LogP contribution in [0.25, 0.3) is 0 Å². The highest BCUT2D eigenvalue weighted by Gasteiger charge is 2.31. The number of hydrogen-bond donors (Lipinski definition) is 2. The number of rotatable bonds is 6. The third kappa shape index (κ3) is 4.60. The van der Waals surface area contributed by atoms with Crippen LogP contribution in [-0.4, -0.2) is 61.0 Å². The van der Waals surface area contributed by atoms with E-state index in [4.69, 9.17) is 9.73 Å². The Bertz CT molecular complexity index is 970. The number of anilines is 2. The molecule has 2 aliphatic rings. The van der Waals surface area contributed by atoms with Crippen LogP contribution in [0.3, 0.4) is 0 Å². The van der Waals surface area contributed by atoms with Crippen molar-refractivity contribution in [1.82, 2.24) is 20.6 Å². The van der Waals surface area contributed by atoms with Crippen molar-refractivity contribution < 1.29 is 9.53 Å². The number of aromatic nitrogens is 2. The number of hydrogen-bond acceptors (Lipinski definition) is 7. The number of amides is 1. The lowest BCUT2D eigenvalue weighted by Crippen LogP contribution is -2.41. The molecule has 1 atom stereocenters. The molecule has 1 unspecified atom stereocenters. The van der Waals surface area contributed by atoms with Gasteiger partial charge >= 0.3 is 0 Å². The maximum absolute atomic E-state index is 12.7. The van der Waals surface area contributed by atoms with E-state index in [1.165, 1.54) is 5.56 Å². The van der Waals surface area contributed by atoms with Gasteiger partial charge in [0.15, 0.2) is 5.82 Å². The lowest BCUT2D eigenvalue weighted by molar-refractivity contribution is -0.116. The quantitative estimate of drug-likeness (QED) is 0.696. The lowest BCUT2D eigenvalue weighted by atomic mass is 10.0. The number of fused-ring (bicyclic) bond motifs is 1. The molecule has 0 aliphatic carbocycles. The van der Waals surface area contributed by atoms with Crippen LogP contribution in [0, 0.1) is 6.92 Å². The van der Waals surface area contributed by atoms with Gasteiger partial charge in [0.2, 0.25) is 0 Å². The summed E-state index contributed by atoms with van der Waals surface area (Å²) < 4.78 is 5.37. The van der Waals surface area contributed by atoms with Gasteiger partial charge in [0.25, 0.3) is 5.91 Å². The Kier molecular flexibility index (Phi) is 6.58. The first-order chi connectivity index (χ1) is 15.1. The monoisotopic (exact) mass is 422 g/mol. The smallest absolute Gasteiger partial charge is 0.265 e. The summed E-state index contributed by atoms with van der Waals surface area (Å²) in [5, 5.41) is 6.36. The third-order valence-electron chi connectivity index (χ3n) is 5.93. The topological polar surface area (TPSA) is 91.7 Å². The number of ether oxygens (including phenoxy) is 1. The number of carbonyl (C=O) groups excluding carboxylic acids is 1. The van der Waals surface area contributed by atoms with E-state index in [2.05, 4.69) is 43.7 Å². The zero-order chi connectivity index (χ0) is 21.8. The Morgan fingerprint density at radius 1 is 1.26 bits per heavy atom. The van der Waals surface area contributed by atoms with Crippen molar-refractivity contribution in [2.45, 2.75) is 38.6 Å². The van der Waals surface area contributed by atoms with Gasteiger partial charge in [-0.15, -0.1) is 0 Å². The summed E-state index contributed by atoms with van der Waals surface area (Å²) >= 11 is 0. The van der Waals surface area contributed by atoms with Gasteiger partial charge in [-0.25, -0.2) is 15.0 Å². The molecule has 3 heterocycles. The minimum Gasteiger partial charge on any atom is -0.381 e. The zero-order valence-corrected chi connectivity index (χ0v) is 18.4. The molecule has 1 amide bonds. The molecule has 0 saturated carbocycles. The standard InChI is InChI=1S/C23H30N6O2/c1-15-21(27-16(2)23(30)28-18-8-10-31-11-9-18)22(26-14-25-15)29-13-17(12-24-3)19-6-4-5-7-20(19)29/h4-7,14,17-18,24H,8-13H2,1-3H3,(H,28,30). The maximum Gasteiger partial charge on any atom is 0.265 e. The minimum atomic E-state index is -0.156. The number of benzene rings is 1. The largest absolute Gasteiger partial charge is 0.381 e. The van der Waals surface area contributed by atoms with E-state index in [0.29, 0.717) is 30.5 Å². The normalized spacial score (nSPS) is 19.4. The summed E-state index contributed by atoms with van der Waals surface area (Å²) in [6.07, 6.45) is 3.22. The summed E-state index contributed by atoms with van der Waals surface area (Å²) in [7, 11) is 1.97. The molecule has 8 heteroatoms. The van der Waals surface area contributed by atoms with Crippen molar-refractivity contribution in [3.63, 3.8) is 0 Å². The van der Waals surface area contributed by atoms with Crippen LogP contribution in [0.2, 0.25) is 0 Å². The van der Waals surface area contributed by atoms with E-state index in [9.17, 15) is 4.79 Å². The van der Waals surface area contributed by atoms with Gasteiger partial charge in [-0.2, -0.15) is 0 Å². The third-order valence-corrected chi connectivity index (χ3v) is 5.93. The molecule has 2 aliphatic heterocycles. The number of likely N-dealkylation sites (N-methyl/N-ethyl adjacent to an activating group) is 1. The Morgan fingerprint density at radius 2 is 2.03 bits per heavy atom. The number of nitrogens with zero attached hydrogens (tertiary/aromatic N) is 4. The fraction of sp³-hybridized carbons (Fsp3) is 0.478. The fourth-order valence-electron chi connectivity index (χ4n) is 4.25. The minimum absolute atomic E-state index is 0.131. The number of nitrogens with one attached hydrogen (secondary N) is 2. The van der Waals surface area contributed by atoms with E-state index in [1.807, 2.05) is 20.0 Å². The van der Waals surface area contributed by atoms with Crippen molar-refractivity contribution >= 4 is 28.8 Å². The van der Waals surface area contributed by atoms with Crippen LogP contribution in [0.4, 0.5) is 17.2 Å². The summed E-state index contributed by atoms with van der Waals surface area (Å²) in [4.78, 5) is 28.6. The maximum atomic E-state index is 12.7. The van der Waals surface area contributed by atoms with Crippen molar-refractivity contribution in [3.05, 3.63) is 41.9 Å². The van der Waals surface area contributed by atoms with Crippen LogP contribution in [-0.2, 0) is 9.53 Å². The fourth-order valence-corrected chi connectivity index (χ4v) is 4.25. The Balaban J connectivity index is 1.63. The molecule has 31 heavy (non-hydrogen) atoms. The van der Waals surface area contributed by atoms with Gasteiger partial charge in [-0.1, -0.05) is 18.2 Å². The molecular formula is C23H30N6O2. The van der Waals surface area contributed by atoms with Crippen LogP contribution in [0.5, 0.6) is 0 Å². The number of aliphatic imine (C=N–C) groups is 1. The predicted molar refractivity (Wildman–Crippen MR) is 122 cm³/mol. The Morgan fingerprint density at radius 3 is 2.81 bits per heavy atom. The molecule has 1 saturated heterocycles. The second kappa shape index (κ2) is 9.53. The highest BCUT2D eigenvalue weighted by molar-refractivity contribution is 6.38.